The van der Waals surface area contributed by atoms with Gasteiger partial charge in [-0.1, -0.05) is 49.4 Å². The third-order valence-corrected chi connectivity index (χ3v) is 6.65. The molecule has 2 atom stereocenters. The minimum atomic E-state index is -1.31. The van der Waals surface area contributed by atoms with E-state index in [1.165, 1.54) is 4.90 Å². The summed E-state index contributed by atoms with van der Waals surface area (Å²) in [6.07, 6.45) is -0.311. The van der Waals surface area contributed by atoms with Crippen LogP contribution in [0.4, 0.5) is 10.5 Å². The van der Waals surface area contributed by atoms with Crippen molar-refractivity contribution in [3.8, 4) is 0 Å². The molecule has 2 aromatic rings. The Kier molecular flexibility index (Phi) is 10.1. The van der Waals surface area contributed by atoms with Crippen LogP contribution in [0, 0.1) is 20.8 Å². The molecule has 0 bridgehead atoms. The fourth-order valence-electron chi connectivity index (χ4n) is 4.24. The van der Waals surface area contributed by atoms with Crippen LogP contribution in [-0.2, 0) is 14.3 Å². The lowest BCUT2D eigenvalue weighted by molar-refractivity contribution is -0.148. The highest BCUT2D eigenvalue weighted by Crippen LogP contribution is 2.35. The fraction of sp³-hybridized carbons (Fsp3) is 0.500. The van der Waals surface area contributed by atoms with Gasteiger partial charge in [0.15, 0.2) is 0 Å². The SMILES string of the molecule is CCC(C)(C)N(C(=O)C(CO)NC(=O)OC(C)(C)C)C(C(=O)Nc1c(C)cccc1C)c1ccccc1C. The summed E-state index contributed by atoms with van der Waals surface area (Å²) in [6, 6.07) is 10.8. The van der Waals surface area contributed by atoms with Gasteiger partial charge in [0.1, 0.15) is 17.7 Å². The van der Waals surface area contributed by atoms with Gasteiger partial charge in [0.05, 0.1) is 6.61 Å². The second kappa shape index (κ2) is 12.4. The Morgan fingerprint density at radius 3 is 1.97 bits per heavy atom. The Balaban J connectivity index is 2.64. The summed E-state index contributed by atoms with van der Waals surface area (Å²) in [5.74, 6) is -0.976. The molecule has 2 unspecified atom stereocenters. The van der Waals surface area contributed by atoms with E-state index in [2.05, 4.69) is 10.6 Å². The van der Waals surface area contributed by atoms with E-state index in [1.807, 2.05) is 84.0 Å². The van der Waals surface area contributed by atoms with Crippen LogP contribution in [0.3, 0.4) is 0 Å². The number of anilines is 1. The number of aliphatic hydroxyl groups is 1. The van der Waals surface area contributed by atoms with Crippen molar-refractivity contribution in [2.75, 3.05) is 11.9 Å². The van der Waals surface area contributed by atoms with E-state index in [4.69, 9.17) is 4.74 Å². The van der Waals surface area contributed by atoms with E-state index in [1.54, 1.807) is 20.8 Å². The quantitative estimate of drug-likeness (QED) is 0.417. The lowest BCUT2D eigenvalue weighted by atomic mass is 9.90. The third kappa shape index (κ3) is 7.57. The molecule has 3 N–H and O–H groups in total. The van der Waals surface area contributed by atoms with E-state index in [9.17, 15) is 19.5 Å². The predicted octanol–water partition coefficient (Wildman–Crippen LogP) is 5.19. The molecule has 3 amide bonds. The number of aryl methyl sites for hydroxylation is 3. The molecule has 0 heterocycles. The molecule has 0 aromatic heterocycles. The van der Waals surface area contributed by atoms with Crippen molar-refractivity contribution in [3.63, 3.8) is 0 Å². The first-order valence-corrected chi connectivity index (χ1v) is 13.0. The number of aliphatic hydroxyl groups excluding tert-OH is 1. The van der Waals surface area contributed by atoms with Crippen molar-refractivity contribution in [2.24, 2.45) is 0 Å². The van der Waals surface area contributed by atoms with Gasteiger partial charge in [-0.05, 0) is 84.1 Å². The number of nitrogens with zero attached hydrogens (tertiary/aromatic N) is 1. The summed E-state index contributed by atoms with van der Waals surface area (Å²) in [5.41, 5.74) is 2.36. The number of para-hydroxylation sites is 1. The van der Waals surface area contributed by atoms with Gasteiger partial charge in [-0.15, -0.1) is 0 Å². The fourth-order valence-corrected chi connectivity index (χ4v) is 4.24. The van der Waals surface area contributed by atoms with E-state index < -0.39 is 41.8 Å². The molecule has 208 valence electrons. The van der Waals surface area contributed by atoms with Crippen molar-refractivity contribution in [3.05, 3.63) is 64.7 Å². The topological polar surface area (TPSA) is 108 Å². The summed E-state index contributed by atoms with van der Waals surface area (Å²) < 4.78 is 5.32. The number of carbonyl (C=O) groups is 3. The number of benzene rings is 2. The maximum Gasteiger partial charge on any atom is 0.408 e. The normalized spacial score (nSPS) is 13.3. The van der Waals surface area contributed by atoms with Gasteiger partial charge in [-0.25, -0.2) is 4.79 Å². The molecule has 0 aliphatic carbocycles. The summed E-state index contributed by atoms with van der Waals surface area (Å²) in [5, 5.41) is 15.7. The van der Waals surface area contributed by atoms with Crippen molar-refractivity contribution in [2.45, 2.75) is 92.0 Å². The van der Waals surface area contributed by atoms with Gasteiger partial charge in [0.25, 0.3) is 5.91 Å². The molecule has 0 radical (unpaired) electrons. The van der Waals surface area contributed by atoms with Crippen LogP contribution in [0.15, 0.2) is 42.5 Å². The molecule has 0 saturated heterocycles. The maximum absolute atomic E-state index is 14.1. The van der Waals surface area contributed by atoms with Crippen LogP contribution in [-0.4, -0.2) is 51.7 Å². The number of rotatable bonds is 9. The smallest absolute Gasteiger partial charge is 0.408 e. The molecule has 2 aromatic carbocycles. The number of ether oxygens (including phenoxy) is 1. The maximum atomic E-state index is 14.1. The van der Waals surface area contributed by atoms with Crippen molar-refractivity contribution in [1.82, 2.24) is 10.2 Å². The highest BCUT2D eigenvalue weighted by molar-refractivity contribution is 6.00. The number of hydrogen-bond acceptors (Lipinski definition) is 5. The number of nitrogens with one attached hydrogen (secondary N) is 2. The van der Waals surface area contributed by atoms with Gasteiger partial charge >= 0.3 is 6.09 Å². The van der Waals surface area contributed by atoms with Gasteiger partial charge in [0.2, 0.25) is 5.91 Å². The summed E-state index contributed by atoms with van der Waals surface area (Å²) in [4.78, 5) is 42.2. The number of alkyl carbamates (subject to hydrolysis) is 1. The Labute approximate surface area is 226 Å². The predicted molar refractivity (Wildman–Crippen MR) is 150 cm³/mol. The zero-order valence-corrected chi connectivity index (χ0v) is 24.1. The molecular formula is C30H43N3O5. The molecule has 0 aliphatic heterocycles. The van der Waals surface area contributed by atoms with Gasteiger partial charge in [0, 0.05) is 11.2 Å². The molecule has 0 fully saturated rings. The minimum absolute atomic E-state index is 0.388. The second-order valence-electron chi connectivity index (χ2n) is 11.3. The molecule has 2 rings (SSSR count). The van der Waals surface area contributed by atoms with Crippen molar-refractivity contribution in [1.29, 1.82) is 0 Å². The summed E-state index contributed by atoms with van der Waals surface area (Å²) >= 11 is 0. The highest BCUT2D eigenvalue weighted by atomic mass is 16.6. The minimum Gasteiger partial charge on any atom is -0.444 e. The lowest BCUT2D eigenvalue weighted by Gasteiger charge is -2.44. The third-order valence-electron chi connectivity index (χ3n) is 6.65. The van der Waals surface area contributed by atoms with Crippen LogP contribution in [0.25, 0.3) is 0 Å². The van der Waals surface area contributed by atoms with Gasteiger partial charge in [-0.3, -0.25) is 9.59 Å². The standard InChI is InChI=1S/C30H43N3O5/c1-10-30(8,9)33(27(36)23(18-34)31-28(37)38-29(5,6)7)25(22-17-12-11-14-19(22)2)26(35)32-24-20(3)15-13-16-21(24)4/h11-17,23,25,34H,10,18H2,1-9H3,(H,31,37)(H,32,35). The van der Waals surface area contributed by atoms with E-state index in [0.29, 0.717) is 17.7 Å². The lowest BCUT2D eigenvalue weighted by Crippen LogP contribution is -2.59. The van der Waals surface area contributed by atoms with Gasteiger partial charge in [-0.2, -0.15) is 0 Å². The average Bonchev–Trinajstić information content (AvgIpc) is 2.82. The van der Waals surface area contributed by atoms with Crippen LogP contribution in [0.5, 0.6) is 0 Å². The Morgan fingerprint density at radius 1 is 0.921 bits per heavy atom. The average molecular weight is 526 g/mol. The molecule has 38 heavy (non-hydrogen) atoms. The molecule has 8 nitrogen and oxygen atoms in total. The van der Waals surface area contributed by atoms with Crippen molar-refractivity contribution < 1.29 is 24.2 Å². The first-order valence-electron chi connectivity index (χ1n) is 13.0. The van der Waals surface area contributed by atoms with Crippen molar-refractivity contribution >= 4 is 23.6 Å². The molecular weight excluding hydrogens is 482 g/mol. The zero-order chi connectivity index (χ0) is 28.8. The molecule has 0 spiro atoms. The van der Waals surface area contributed by atoms with Crippen LogP contribution < -0.4 is 10.6 Å². The highest BCUT2D eigenvalue weighted by Gasteiger charge is 2.43. The second-order valence-corrected chi connectivity index (χ2v) is 11.3. The Morgan fingerprint density at radius 2 is 1.47 bits per heavy atom. The monoisotopic (exact) mass is 525 g/mol. The molecule has 8 heteroatoms. The number of hydrogen-bond donors (Lipinski definition) is 3. The first kappa shape index (κ1) is 30.8. The largest absolute Gasteiger partial charge is 0.444 e. The van der Waals surface area contributed by atoms with Gasteiger partial charge < -0.3 is 25.4 Å². The van der Waals surface area contributed by atoms with E-state index in [-0.39, 0.29) is 5.91 Å². The van der Waals surface area contributed by atoms with E-state index >= 15 is 0 Å². The first-order chi connectivity index (χ1) is 17.6. The summed E-state index contributed by atoms with van der Waals surface area (Å²) in [6.45, 7) is 15.8. The Bertz CT molecular complexity index is 1130. The molecule has 0 saturated carbocycles. The Hall–Kier alpha value is -3.39. The zero-order valence-electron chi connectivity index (χ0n) is 24.1. The van der Waals surface area contributed by atoms with Crippen LogP contribution >= 0.6 is 0 Å². The van der Waals surface area contributed by atoms with Crippen LogP contribution in [0.2, 0.25) is 0 Å². The molecule has 0 aliphatic rings. The number of carbonyl (C=O) groups excluding carboxylic acids is 3. The number of amides is 3. The summed E-state index contributed by atoms with van der Waals surface area (Å²) in [7, 11) is 0. The van der Waals surface area contributed by atoms with Crippen LogP contribution in [0.1, 0.15) is 76.3 Å². The van der Waals surface area contributed by atoms with E-state index in [0.717, 1.165) is 16.7 Å².